The molecule has 0 bridgehead atoms. The Balaban J connectivity index is 2.55. The van der Waals surface area contributed by atoms with Crippen LogP contribution < -0.4 is 8.70 Å². The quantitative estimate of drug-likeness (QED) is 0.410. The molecule has 0 saturated carbocycles. The molecule has 0 amide bonds. The van der Waals surface area contributed by atoms with Gasteiger partial charge in [0, 0.05) is 0 Å². The van der Waals surface area contributed by atoms with Gasteiger partial charge in [-0.3, -0.25) is 0 Å². The molecule has 0 heterocycles. The molecule has 2 aromatic carbocycles. The predicted octanol–water partition coefficient (Wildman–Crippen LogP) is 5.18. The Morgan fingerprint density at radius 1 is 0.773 bits per heavy atom. The van der Waals surface area contributed by atoms with Crippen LogP contribution in [-0.4, -0.2) is 30.4 Å². The van der Waals surface area contributed by atoms with Crippen LogP contribution in [0.3, 0.4) is 0 Å². The zero-order valence-corrected chi connectivity index (χ0v) is 21.1. The van der Waals surface area contributed by atoms with E-state index in [9.17, 15) is 0 Å². The van der Waals surface area contributed by atoms with E-state index in [2.05, 4.69) is 88.0 Å². The molecule has 0 aliphatic heterocycles. The van der Waals surface area contributed by atoms with Crippen LogP contribution in [0.4, 0.5) is 0 Å². The summed E-state index contributed by atoms with van der Waals surface area (Å²) in [5, 5.41) is 0. The molecular formula is C18H25AsPbS2. The van der Waals surface area contributed by atoms with Gasteiger partial charge in [-0.25, -0.2) is 0 Å². The molecule has 0 N–H and O–H groups in total. The molecule has 0 aromatic heterocycles. The summed E-state index contributed by atoms with van der Waals surface area (Å²) in [6.07, 6.45) is 0. The van der Waals surface area contributed by atoms with Gasteiger partial charge in [-0.2, -0.15) is 0 Å². The summed E-state index contributed by atoms with van der Waals surface area (Å²) in [4.78, 5) is 0. The maximum atomic E-state index is 6.47. The summed E-state index contributed by atoms with van der Waals surface area (Å²) in [6.45, 7) is 9.58. The monoisotopic (exact) mass is 588 g/mol. The van der Waals surface area contributed by atoms with Gasteiger partial charge in [-0.15, -0.1) is 0 Å². The van der Waals surface area contributed by atoms with E-state index in [0.29, 0.717) is 0 Å². The van der Waals surface area contributed by atoms with E-state index in [1.165, 1.54) is 20.6 Å². The van der Waals surface area contributed by atoms with Crippen molar-refractivity contribution in [2.24, 2.45) is 0 Å². The second-order valence-electron chi connectivity index (χ2n) is 5.56. The molecule has 0 fully saturated rings. The fraction of sp³-hybridized carbons (Fsp3) is 0.333. The summed E-state index contributed by atoms with van der Waals surface area (Å²) in [7, 11) is 3.95. The number of hydrogen-bond donors (Lipinski definition) is 0. The van der Waals surface area contributed by atoms with Gasteiger partial charge in [-0.05, 0) is 0 Å². The zero-order chi connectivity index (χ0) is 16.1. The summed E-state index contributed by atoms with van der Waals surface area (Å²) in [5.41, 5.74) is 0. The van der Waals surface area contributed by atoms with Crippen molar-refractivity contribution >= 4 is 56.1 Å². The van der Waals surface area contributed by atoms with Gasteiger partial charge in [0.15, 0.2) is 0 Å². The Morgan fingerprint density at radius 2 is 1.14 bits per heavy atom. The number of benzene rings is 2. The van der Waals surface area contributed by atoms with Gasteiger partial charge in [0.25, 0.3) is 0 Å². The second kappa shape index (κ2) is 8.55. The first-order chi connectivity index (χ1) is 10.6. The van der Waals surface area contributed by atoms with Crippen LogP contribution in [0.1, 0.15) is 20.8 Å². The third kappa shape index (κ3) is 4.12. The van der Waals surface area contributed by atoms with E-state index in [-0.39, 0.29) is 0 Å². The van der Waals surface area contributed by atoms with Crippen molar-refractivity contribution in [3.05, 3.63) is 60.7 Å². The van der Waals surface area contributed by atoms with Crippen LogP contribution >= 0.6 is 17.0 Å². The average Bonchev–Trinajstić information content (AvgIpc) is 2.61. The third-order valence-corrected chi connectivity index (χ3v) is 89.5. The van der Waals surface area contributed by atoms with E-state index in [4.69, 9.17) is 10.4 Å². The van der Waals surface area contributed by atoms with Crippen molar-refractivity contribution in [1.29, 1.82) is 0 Å². The first kappa shape index (κ1) is 18.8. The van der Waals surface area contributed by atoms with E-state index in [0.717, 1.165) is 0 Å². The second-order valence-corrected chi connectivity index (χ2v) is 54.4. The van der Waals surface area contributed by atoms with Crippen molar-refractivity contribution in [1.82, 2.24) is 0 Å². The summed E-state index contributed by atoms with van der Waals surface area (Å²) in [6, 6.07) is 21.9. The molecule has 118 valence electrons. The molecule has 0 nitrogen and oxygen atoms in total. The molecule has 0 aliphatic carbocycles. The topological polar surface area (TPSA) is 0 Å². The molecular weight excluding hydrogens is 562 g/mol. The van der Waals surface area contributed by atoms with Crippen LogP contribution in [0.2, 0.25) is 11.9 Å². The van der Waals surface area contributed by atoms with Crippen molar-refractivity contribution in [3.63, 3.8) is 0 Å². The normalized spacial score (nSPS) is 12.3. The van der Waals surface area contributed by atoms with Gasteiger partial charge in [-0.1, -0.05) is 0 Å². The molecule has 0 radical (unpaired) electrons. The van der Waals surface area contributed by atoms with E-state index in [1.54, 1.807) is 0 Å². The van der Waals surface area contributed by atoms with Gasteiger partial charge in [0.05, 0.1) is 0 Å². The number of rotatable bonds is 7. The first-order valence-corrected chi connectivity index (χ1v) is 28.6. The Hall–Kier alpha value is 0.491. The van der Waals surface area contributed by atoms with Crippen LogP contribution in [0, 0.1) is 0 Å². The van der Waals surface area contributed by atoms with E-state index in [1.807, 2.05) is 0 Å². The SMILES string of the molecule is C[CH2][Pb]([CH2]C)([CH2]C)[S][As](=S)(c1ccccc1)c1ccccc1. The zero-order valence-electron chi connectivity index (χ0n) is 13.7. The van der Waals surface area contributed by atoms with Crippen LogP contribution in [-0.2, 0) is 0 Å². The minimum atomic E-state index is -2.52. The fourth-order valence-electron chi connectivity index (χ4n) is 2.72. The van der Waals surface area contributed by atoms with E-state index >= 15 is 0 Å². The molecule has 2 aromatic rings. The summed E-state index contributed by atoms with van der Waals surface area (Å²) < 4.78 is 7.09. The van der Waals surface area contributed by atoms with Crippen LogP contribution in [0.15, 0.2) is 60.7 Å². The molecule has 0 saturated heterocycles. The average molecular weight is 588 g/mol. The van der Waals surface area contributed by atoms with E-state index < -0.39 is 30.4 Å². The minimum absolute atomic E-state index is 1.41. The van der Waals surface area contributed by atoms with Crippen molar-refractivity contribution in [2.45, 2.75) is 32.7 Å². The molecule has 0 atom stereocenters. The fourth-order valence-corrected chi connectivity index (χ4v) is 113. The van der Waals surface area contributed by atoms with Gasteiger partial charge in [0.1, 0.15) is 0 Å². The number of hydrogen-bond acceptors (Lipinski definition) is 2. The Bertz CT molecular complexity index is 572. The maximum absolute atomic E-state index is 6.47. The Kier molecular flexibility index (Phi) is 7.31. The molecule has 4 heteroatoms. The summed E-state index contributed by atoms with van der Waals surface area (Å²) in [5.74, 6) is 0. The standard InChI is InChI=1S/C12H11AsS2.3C2H5.Pb/c14-13(15,11-7-3-1-4-8-11)12-9-5-2-6-10-12;3*1-2;/h1-10H,(H,14,15);3*1H2,2H3;/q;;;;+1/p-1. The first-order valence-electron chi connectivity index (χ1n) is 8.02. The summed E-state index contributed by atoms with van der Waals surface area (Å²) >= 11 is -2.31. The molecule has 22 heavy (non-hydrogen) atoms. The molecule has 0 aliphatic rings. The molecule has 0 unspecified atom stereocenters. The Morgan fingerprint density at radius 3 is 1.45 bits per heavy atom. The third-order valence-electron chi connectivity index (χ3n) is 4.45. The molecule has 2 rings (SSSR count). The molecule has 0 spiro atoms. The van der Waals surface area contributed by atoms with Crippen LogP contribution in [0.5, 0.6) is 0 Å². The van der Waals surface area contributed by atoms with Crippen LogP contribution in [0.25, 0.3) is 0 Å². The predicted molar refractivity (Wildman–Crippen MR) is 110 cm³/mol. The van der Waals surface area contributed by atoms with Gasteiger partial charge in [0.2, 0.25) is 0 Å². The van der Waals surface area contributed by atoms with Crippen molar-refractivity contribution in [2.75, 3.05) is 0 Å². The van der Waals surface area contributed by atoms with Gasteiger partial charge >= 0.3 is 149 Å². The van der Waals surface area contributed by atoms with Crippen molar-refractivity contribution in [3.8, 4) is 0 Å². The van der Waals surface area contributed by atoms with Gasteiger partial charge < -0.3 is 0 Å². The Labute approximate surface area is 148 Å². The van der Waals surface area contributed by atoms with Crippen molar-refractivity contribution < 1.29 is 0 Å².